The molecule has 2 rings (SSSR count). The van der Waals surface area contributed by atoms with Gasteiger partial charge >= 0.3 is 0 Å². The molecule has 154 valence electrons. The summed E-state index contributed by atoms with van der Waals surface area (Å²) in [6.45, 7) is 8.10. The third-order valence-electron chi connectivity index (χ3n) is 6.03. The lowest BCUT2D eigenvalue weighted by atomic mass is 9.93. The number of hydrogen-bond acceptors (Lipinski definition) is 1. The van der Waals surface area contributed by atoms with Gasteiger partial charge in [-0.1, -0.05) is 110 Å². The topological polar surface area (TPSA) is 3.24 Å². The standard InChI is InChI=1S/C24H39Br2N/c1-3-5-7-9-10-12-14-20(13-11-8-6-4-2)17-27-18-21-22(19-27)24(26)16-15-23(21)25/h15-16,20H,3-14,17-19H2,1-2H3. The molecule has 0 spiro atoms. The van der Waals surface area contributed by atoms with Gasteiger partial charge in [-0.25, -0.2) is 0 Å². The van der Waals surface area contributed by atoms with Gasteiger partial charge in [0, 0.05) is 28.6 Å². The van der Waals surface area contributed by atoms with Crippen LogP contribution in [0.15, 0.2) is 21.1 Å². The lowest BCUT2D eigenvalue weighted by Crippen LogP contribution is -2.25. The van der Waals surface area contributed by atoms with Crippen molar-refractivity contribution in [2.75, 3.05) is 6.54 Å². The second-order valence-corrected chi connectivity index (χ2v) is 10.1. The highest BCUT2D eigenvalue weighted by molar-refractivity contribution is 9.11. The normalized spacial score (nSPS) is 15.3. The van der Waals surface area contributed by atoms with Crippen molar-refractivity contribution in [1.82, 2.24) is 4.90 Å². The molecule has 3 heteroatoms. The van der Waals surface area contributed by atoms with Gasteiger partial charge in [0.1, 0.15) is 0 Å². The van der Waals surface area contributed by atoms with Crippen LogP contribution in [-0.4, -0.2) is 11.4 Å². The van der Waals surface area contributed by atoms with Gasteiger partial charge in [-0.05, 0) is 42.0 Å². The molecule has 0 N–H and O–H groups in total. The van der Waals surface area contributed by atoms with Crippen molar-refractivity contribution in [2.24, 2.45) is 5.92 Å². The smallest absolute Gasteiger partial charge is 0.0252 e. The van der Waals surface area contributed by atoms with Crippen molar-refractivity contribution < 1.29 is 0 Å². The molecular formula is C24H39Br2N. The first-order valence-electron chi connectivity index (χ1n) is 11.3. The van der Waals surface area contributed by atoms with Crippen molar-refractivity contribution in [3.8, 4) is 0 Å². The second-order valence-electron chi connectivity index (χ2n) is 8.43. The number of hydrogen-bond donors (Lipinski definition) is 0. The maximum Gasteiger partial charge on any atom is 0.0252 e. The van der Waals surface area contributed by atoms with Crippen molar-refractivity contribution in [1.29, 1.82) is 0 Å². The van der Waals surface area contributed by atoms with E-state index in [1.807, 2.05) is 0 Å². The van der Waals surface area contributed by atoms with Crippen LogP contribution in [0.1, 0.15) is 102 Å². The first-order valence-corrected chi connectivity index (χ1v) is 12.9. The number of benzene rings is 1. The number of halogens is 2. The van der Waals surface area contributed by atoms with Gasteiger partial charge in [-0.3, -0.25) is 4.90 Å². The van der Waals surface area contributed by atoms with Gasteiger partial charge in [-0.2, -0.15) is 0 Å². The second kappa shape index (κ2) is 13.4. The Morgan fingerprint density at radius 3 is 1.70 bits per heavy atom. The molecule has 1 heterocycles. The molecule has 0 bridgehead atoms. The molecule has 1 aromatic rings. The lowest BCUT2D eigenvalue weighted by Gasteiger charge is -2.24. The van der Waals surface area contributed by atoms with Crippen LogP contribution >= 0.6 is 31.9 Å². The predicted molar refractivity (Wildman–Crippen MR) is 126 cm³/mol. The van der Waals surface area contributed by atoms with E-state index in [-0.39, 0.29) is 0 Å². The van der Waals surface area contributed by atoms with Crippen LogP contribution in [0.2, 0.25) is 0 Å². The zero-order valence-corrected chi connectivity index (χ0v) is 20.7. The fourth-order valence-electron chi connectivity index (χ4n) is 4.38. The molecule has 27 heavy (non-hydrogen) atoms. The molecule has 1 aromatic carbocycles. The highest BCUT2D eigenvalue weighted by atomic mass is 79.9. The monoisotopic (exact) mass is 499 g/mol. The lowest BCUT2D eigenvalue weighted by molar-refractivity contribution is 0.215. The predicted octanol–water partition coefficient (Wildman–Crippen LogP) is 8.86. The van der Waals surface area contributed by atoms with Crippen LogP contribution in [0.4, 0.5) is 0 Å². The summed E-state index contributed by atoms with van der Waals surface area (Å²) in [7, 11) is 0. The Kier molecular flexibility index (Phi) is 11.6. The molecule has 0 radical (unpaired) electrons. The highest BCUT2D eigenvalue weighted by Crippen LogP contribution is 2.35. The molecule has 0 amide bonds. The summed E-state index contributed by atoms with van der Waals surface area (Å²) in [5, 5.41) is 0. The third-order valence-corrected chi connectivity index (χ3v) is 7.51. The Morgan fingerprint density at radius 1 is 0.741 bits per heavy atom. The van der Waals surface area contributed by atoms with Crippen molar-refractivity contribution >= 4 is 31.9 Å². The van der Waals surface area contributed by atoms with Gasteiger partial charge in [0.15, 0.2) is 0 Å². The van der Waals surface area contributed by atoms with Crippen LogP contribution in [0, 0.1) is 5.92 Å². The van der Waals surface area contributed by atoms with E-state index in [9.17, 15) is 0 Å². The van der Waals surface area contributed by atoms with Gasteiger partial charge < -0.3 is 0 Å². The number of fused-ring (bicyclic) bond motifs is 1. The van der Waals surface area contributed by atoms with E-state index in [0.29, 0.717) is 0 Å². The Balaban J connectivity index is 1.82. The van der Waals surface area contributed by atoms with Crippen LogP contribution in [0.25, 0.3) is 0 Å². The molecule has 0 saturated carbocycles. The minimum absolute atomic E-state index is 0.875. The van der Waals surface area contributed by atoms with Crippen LogP contribution < -0.4 is 0 Å². The summed E-state index contributed by atoms with van der Waals surface area (Å²) in [6.07, 6.45) is 16.9. The fraction of sp³-hybridized carbons (Fsp3) is 0.750. The van der Waals surface area contributed by atoms with Gasteiger partial charge in [0.2, 0.25) is 0 Å². The zero-order chi connectivity index (χ0) is 19.5. The quantitative estimate of drug-likeness (QED) is 0.230. The molecule has 0 aliphatic carbocycles. The molecule has 1 unspecified atom stereocenters. The van der Waals surface area contributed by atoms with Crippen molar-refractivity contribution in [3.63, 3.8) is 0 Å². The summed E-state index contributed by atoms with van der Waals surface area (Å²) in [5.41, 5.74) is 2.99. The summed E-state index contributed by atoms with van der Waals surface area (Å²) < 4.78 is 2.55. The Hall–Kier alpha value is 0.140. The Bertz CT molecular complexity index is 512. The van der Waals surface area contributed by atoms with E-state index in [2.05, 4.69) is 62.7 Å². The fourth-order valence-corrected chi connectivity index (χ4v) is 5.37. The highest BCUT2D eigenvalue weighted by Gasteiger charge is 2.25. The Labute approximate surface area is 184 Å². The third kappa shape index (κ3) is 8.19. The van der Waals surface area contributed by atoms with E-state index in [4.69, 9.17) is 0 Å². The summed E-state index contributed by atoms with van der Waals surface area (Å²) in [4.78, 5) is 2.68. The summed E-state index contributed by atoms with van der Waals surface area (Å²) in [5.74, 6) is 0.875. The maximum absolute atomic E-state index is 3.76. The van der Waals surface area contributed by atoms with Crippen molar-refractivity contribution in [2.45, 2.75) is 104 Å². The summed E-state index contributed by atoms with van der Waals surface area (Å²) >= 11 is 7.52. The van der Waals surface area contributed by atoms with Crippen molar-refractivity contribution in [3.05, 3.63) is 32.2 Å². The summed E-state index contributed by atoms with van der Waals surface area (Å²) in [6, 6.07) is 4.37. The number of rotatable bonds is 14. The van der Waals surface area contributed by atoms with E-state index >= 15 is 0 Å². The molecule has 1 nitrogen and oxygen atoms in total. The maximum atomic E-state index is 3.76. The van der Waals surface area contributed by atoms with E-state index in [1.165, 1.54) is 104 Å². The van der Waals surface area contributed by atoms with E-state index < -0.39 is 0 Å². The average Bonchev–Trinajstić information content (AvgIpc) is 3.09. The first-order chi connectivity index (χ1) is 13.2. The number of nitrogens with zero attached hydrogens (tertiary/aromatic N) is 1. The molecule has 0 aromatic heterocycles. The SMILES string of the molecule is CCCCCCCCC(CCCCCC)CN1Cc2c(Br)ccc(Br)c2C1. The minimum atomic E-state index is 0.875. The van der Waals surface area contributed by atoms with Gasteiger partial charge in [0.05, 0.1) is 0 Å². The zero-order valence-electron chi connectivity index (χ0n) is 17.5. The van der Waals surface area contributed by atoms with E-state index in [1.54, 1.807) is 0 Å². The molecular weight excluding hydrogens is 462 g/mol. The Morgan fingerprint density at radius 2 is 1.19 bits per heavy atom. The van der Waals surface area contributed by atoms with E-state index in [0.717, 1.165) is 19.0 Å². The molecule has 1 aliphatic rings. The van der Waals surface area contributed by atoms with Crippen LogP contribution in [0.5, 0.6) is 0 Å². The van der Waals surface area contributed by atoms with Crippen LogP contribution in [-0.2, 0) is 13.1 Å². The largest absolute Gasteiger partial charge is 0.294 e. The first kappa shape index (κ1) is 23.4. The minimum Gasteiger partial charge on any atom is -0.294 e. The molecule has 0 saturated heterocycles. The molecule has 1 atom stereocenters. The van der Waals surface area contributed by atoms with Crippen LogP contribution in [0.3, 0.4) is 0 Å². The average molecular weight is 501 g/mol. The molecule has 1 aliphatic heterocycles. The van der Waals surface area contributed by atoms with Gasteiger partial charge in [0.25, 0.3) is 0 Å². The van der Waals surface area contributed by atoms with Gasteiger partial charge in [-0.15, -0.1) is 0 Å². The number of unbranched alkanes of at least 4 members (excludes halogenated alkanes) is 8. The molecule has 0 fully saturated rings.